The molecule has 5 rings (SSSR count). The van der Waals surface area contributed by atoms with E-state index in [2.05, 4.69) is 13.0 Å². The van der Waals surface area contributed by atoms with Crippen LogP contribution >= 0.6 is 11.3 Å². The third-order valence-corrected chi connectivity index (χ3v) is 9.34. The van der Waals surface area contributed by atoms with Gasteiger partial charge in [-0.05, 0) is 48.9 Å². The number of hydrogen-bond acceptors (Lipinski definition) is 6. The average molecular weight is 463 g/mol. The Labute approximate surface area is 186 Å². The van der Waals surface area contributed by atoms with E-state index in [-0.39, 0.29) is 23.9 Å². The highest BCUT2D eigenvalue weighted by Gasteiger charge is 2.32. The normalized spacial score (nSPS) is 21.6. The van der Waals surface area contributed by atoms with Crippen LogP contribution < -0.4 is 9.47 Å². The molecule has 31 heavy (non-hydrogen) atoms. The first-order chi connectivity index (χ1) is 14.9. The Morgan fingerprint density at radius 2 is 1.81 bits per heavy atom. The maximum Gasteiger partial charge on any atom is 0.264 e. The van der Waals surface area contributed by atoms with E-state index in [1.165, 1.54) is 27.2 Å². The largest absolute Gasteiger partial charge is 0.486 e. The molecule has 166 valence electrons. The lowest BCUT2D eigenvalue weighted by Gasteiger charge is -2.34. The average Bonchev–Trinajstić information content (AvgIpc) is 3.21. The molecule has 1 saturated heterocycles. The number of nitrogens with zero attached hydrogens (tertiary/aromatic N) is 2. The smallest absolute Gasteiger partial charge is 0.264 e. The number of rotatable bonds is 3. The van der Waals surface area contributed by atoms with Crippen molar-refractivity contribution in [3.05, 3.63) is 39.6 Å². The van der Waals surface area contributed by atoms with Crippen LogP contribution in [0.25, 0.3) is 0 Å². The van der Waals surface area contributed by atoms with Crippen molar-refractivity contribution in [1.82, 2.24) is 9.21 Å². The molecule has 1 fully saturated rings. The van der Waals surface area contributed by atoms with Gasteiger partial charge in [-0.2, -0.15) is 4.31 Å². The van der Waals surface area contributed by atoms with Gasteiger partial charge < -0.3 is 14.4 Å². The zero-order valence-corrected chi connectivity index (χ0v) is 19.1. The van der Waals surface area contributed by atoms with Crippen molar-refractivity contribution in [2.24, 2.45) is 5.92 Å². The number of hydrogen-bond donors (Lipinski definition) is 0. The van der Waals surface area contributed by atoms with E-state index in [1.54, 1.807) is 28.4 Å². The molecule has 1 amide bonds. The van der Waals surface area contributed by atoms with Gasteiger partial charge in [-0.15, -0.1) is 11.3 Å². The molecule has 0 bridgehead atoms. The molecule has 0 N–H and O–H groups in total. The summed E-state index contributed by atoms with van der Waals surface area (Å²) in [6, 6.07) is 6.77. The van der Waals surface area contributed by atoms with Crippen molar-refractivity contribution in [2.75, 3.05) is 39.4 Å². The molecule has 3 aliphatic rings. The molecule has 0 radical (unpaired) electrons. The number of amides is 1. The van der Waals surface area contributed by atoms with Crippen molar-refractivity contribution >= 4 is 27.3 Å². The van der Waals surface area contributed by atoms with Crippen molar-refractivity contribution in [2.45, 2.75) is 31.1 Å². The highest BCUT2D eigenvalue weighted by Crippen LogP contribution is 2.34. The highest BCUT2D eigenvalue weighted by molar-refractivity contribution is 7.89. The van der Waals surface area contributed by atoms with E-state index >= 15 is 0 Å². The quantitative estimate of drug-likeness (QED) is 0.701. The third kappa shape index (κ3) is 3.94. The number of aryl methyl sites for hydroxylation is 1. The second-order valence-electron chi connectivity index (χ2n) is 8.41. The second kappa shape index (κ2) is 8.11. The van der Waals surface area contributed by atoms with Crippen molar-refractivity contribution in [3.63, 3.8) is 0 Å². The van der Waals surface area contributed by atoms with Crippen LogP contribution in [0.2, 0.25) is 0 Å². The van der Waals surface area contributed by atoms with Crippen molar-refractivity contribution < 1.29 is 22.7 Å². The number of carbonyl (C=O) groups excluding carboxylic acids is 1. The Kier molecular flexibility index (Phi) is 5.44. The molecule has 1 aromatic heterocycles. The summed E-state index contributed by atoms with van der Waals surface area (Å²) in [7, 11) is -3.66. The Morgan fingerprint density at radius 3 is 2.58 bits per heavy atom. The molecule has 0 unspecified atom stereocenters. The Hall–Kier alpha value is -2.10. The second-order valence-corrected chi connectivity index (χ2v) is 11.5. The van der Waals surface area contributed by atoms with Crippen LogP contribution in [0.1, 0.15) is 33.5 Å². The van der Waals surface area contributed by atoms with Gasteiger partial charge in [-0.3, -0.25) is 4.79 Å². The molecular formula is C22H26N2O5S2. The number of thiophene rings is 1. The van der Waals surface area contributed by atoms with Crippen LogP contribution in [0.3, 0.4) is 0 Å². The van der Waals surface area contributed by atoms with Gasteiger partial charge in [0.15, 0.2) is 11.5 Å². The van der Waals surface area contributed by atoms with Crippen LogP contribution in [-0.2, 0) is 22.9 Å². The molecule has 3 heterocycles. The molecular weight excluding hydrogens is 436 g/mol. The SMILES string of the molecule is C[C@H]1CCc2sc(C(=O)N3CCN(S(=O)(=O)c4ccc5c(c4)OCCO5)CC3)cc2C1. The number of benzene rings is 1. The lowest BCUT2D eigenvalue weighted by Crippen LogP contribution is -2.50. The number of fused-ring (bicyclic) bond motifs is 2. The molecule has 1 aromatic carbocycles. The van der Waals surface area contributed by atoms with Gasteiger partial charge in [0.2, 0.25) is 10.0 Å². The minimum absolute atomic E-state index is 0.0171. The van der Waals surface area contributed by atoms with Crippen LogP contribution in [0.15, 0.2) is 29.2 Å². The standard InChI is InChI=1S/C22H26N2O5S2/c1-15-2-5-20-16(12-15)13-21(30-20)22(25)23-6-8-24(9-7-23)31(26,27)17-3-4-18-19(14-17)29-11-10-28-18/h3-4,13-15H,2,5-12H2,1H3/t15-/m0/s1. The number of ether oxygens (including phenoxy) is 2. The van der Waals surface area contributed by atoms with Gasteiger partial charge in [0.05, 0.1) is 9.77 Å². The summed E-state index contributed by atoms with van der Waals surface area (Å²) in [5, 5.41) is 0. The first-order valence-corrected chi connectivity index (χ1v) is 13.0. The molecule has 9 heteroatoms. The van der Waals surface area contributed by atoms with E-state index in [4.69, 9.17) is 9.47 Å². The zero-order chi connectivity index (χ0) is 21.6. The van der Waals surface area contributed by atoms with Crippen molar-refractivity contribution in [1.29, 1.82) is 0 Å². The summed E-state index contributed by atoms with van der Waals surface area (Å²) < 4.78 is 38.7. The lowest BCUT2D eigenvalue weighted by molar-refractivity contribution is 0.0702. The summed E-state index contributed by atoms with van der Waals surface area (Å²) in [4.78, 5) is 17.1. The van der Waals surface area contributed by atoms with Crippen molar-refractivity contribution in [3.8, 4) is 11.5 Å². The molecule has 1 aliphatic carbocycles. The van der Waals surface area contributed by atoms with Gasteiger partial charge in [0.1, 0.15) is 13.2 Å². The first-order valence-electron chi connectivity index (χ1n) is 10.7. The summed E-state index contributed by atoms with van der Waals surface area (Å²) in [5.41, 5.74) is 1.31. The molecule has 0 spiro atoms. The van der Waals surface area contributed by atoms with Gasteiger partial charge >= 0.3 is 0 Å². The van der Waals surface area contributed by atoms with E-state index in [9.17, 15) is 13.2 Å². The molecule has 2 aliphatic heterocycles. The predicted octanol–water partition coefficient (Wildman–Crippen LogP) is 2.79. The minimum Gasteiger partial charge on any atom is -0.486 e. The number of sulfonamides is 1. The van der Waals surface area contributed by atoms with Gasteiger partial charge in [-0.25, -0.2) is 8.42 Å². The summed E-state index contributed by atoms with van der Waals surface area (Å²) in [5.74, 6) is 1.70. The summed E-state index contributed by atoms with van der Waals surface area (Å²) in [6.45, 7) is 4.46. The van der Waals surface area contributed by atoms with Crippen LogP contribution in [0.4, 0.5) is 0 Å². The fourth-order valence-corrected chi connectivity index (χ4v) is 7.05. The fraction of sp³-hybridized carbons (Fsp3) is 0.500. The minimum atomic E-state index is -3.66. The summed E-state index contributed by atoms with van der Waals surface area (Å²) >= 11 is 1.61. The summed E-state index contributed by atoms with van der Waals surface area (Å²) in [6.07, 6.45) is 3.27. The van der Waals surface area contributed by atoms with Gasteiger partial charge in [0, 0.05) is 37.1 Å². The van der Waals surface area contributed by atoms with Crippen LogP contribution in [-0.4, -0.2) is 62.9 Å². The Bertz CT molecular complexity index is 1100. The lowest BCUT2D eigenvalue weighted by atomic mass is 9.90. The van der Waals surface area contributed by atoms with E-state index in [0.29, 0.717) is 43.7 Å². The first kappa shape index (κ1) is 20.8. The molecule has 0 saturated carbocycles. The van der Waals surface area contributed by atoms with E-state index in [1.807, 2.05) is 0 Å². The van der Waals surface area contributed by atoms with Gasteiger partial charge in [0.25, 0.3) is 5.91 Å². The Balaban J connectivity index is 1.26. The highest BCUT2D eigenvalue weighted by atomic mass is 32.2. The Morgan fingerprint density at radius 1 is 1.06 bits per heavy atom. The van der Waals surface area contributed by atoms with E-state index < -0.39 is 10.0 Å². The monoisotopic (exact) mass is 462 g/mol. The number of piperazine rings is 1. The fourth-order valence-electron chi connectivity index (χ4n) is 4.43. The maximum absolute atomic E-state index is 13.1. The third-order valence-electron chi connectivity index (χ3n) is 6.22. The predicted molar refractivity (Wildman–Crippen MR) is 118 cm³/mol. The number of carbonyl (C=O) groups is 1. The van der Waals surface area contributed by atoms with E-state index in [0.717, 1.165) is 17.7 Å². The van der Waals surface area contributed by atoms with Gasteiger partial charge in [-0.1, -0.05) is 6.92 Å². The molecule has 1 atom stereocenters. The molecule has 7 nitrogen and oxygen atoms in total. The molecule has 2 aromatic rings. The maximum atomic E-state index is 13.1. The zero-order valence-electron chi connectivity index (χ0n) is 17.5. The van der Waals surface area contributed by atoms with Crippen LogP contribution in [0, 0.1) is 5.92 Å². The van der Waals surface area contributed by atoms with Crippen LogP contribution in [0.5, 0.6) is 11.5 Å². The topological polar surface area (TPSA) is 76.2 Å².